The van der Waals surface area contributed by atoms with Crippen LogP contribution in [0.4, 0.5) is 11.5 Å². The molecule has 0 atom stereocenters. The molecule has 2 aromatic rings. The fourth-order valence-electron chi connectivity index (χ4n) is 2.26. The van der Waals surface area contributed by atoms with Crippen LogP contribution < -0.4 is 16.6 Å². The molecule has 4 N–H and O–H groups in total. The number of aliphatic hydroxyl groups is 2. The lowest BCUT2D eigenvalue weighted by molar-refractivity contribution is 0.280. The Hall–Kier alpha value is -2.38. The Morgan fingerprint density at radius 2 is 1.96 bits per heavy atom. The van der Waals surface area contributed by atoms with Gasteiger partial charge in [0.05, 0.1) is 6.61 Å². The Bertz CT molecular complexity index is 748. The molecule has 1 aromatic heterocycles. The first-order valence-corrected chi connectivity index (χ1v) is 7.47. The third-order valence-electron chi connectivity index (χ3n) is 3.61. The SMILES string of the molecule is Cc1ccc(Nc2cc(=O)n(CCCCO)c(=O)[nH]2)cc1CO. The summed E-state index contributed by atoms with van der Waals surface area (Å²) in [6.45, 7) is 2.12. The van der Waals surface area contributed by atoms with Crippen LogP contribution in [0.5, 0.6) is 0 Å². The zero-order chi connectivity index (χ0) is 16.8. The van der Waals surface area contributed by atoms with E-state index in [2.05, 4.69) is 10.3 Å². The minimum absolute atomic E-state index is 0.0346. The zero-order valence-corrected chi connectivity index (χ0v) is 13.0. The second kappa shape index (κ2) is 7.75. The van der Waals surface area contributed by atoms with Gasteiger partial charge in [-0.1, -0.05) is 6.07 Å². The van der Waals surface area contributed by atoms with Crippen molar-refractivity contribution in [2.45, 2.75) is 32.9 Å². The summed E-state index contributed by atoms with van der Waals surface area (Å²) in [6.07, 6.45) is 1.10. The third-order valence-corrected chi connectivity index (χ3v) is 3.61. The quantitative estimate of drug-likeness (QED) is 0.566. The van der Waals surface area contributed by atoms with Gasteiger partial charge in [0.25, 0.3) is 5.56 Å². The number of aromatic nitrogens is 2. The average Bonchev–Trinajstić information content (AvgIpc) is 2.52. The Morgan fingerprint density at radius 1 is 1.17 bits per heavy atom. The molecule has 1 heterocycles. The van der Waals surface area contributed by atoms with Crippen molar-refractivity contribution in [2.24, 2.45) is 0 Å². The van der Waals surface area contributed by atoms with Crippen molar-refractivity contribution in [1.82, 2.24) is 9.55 Å². The predicted molar refractivity (Wildman–Crippen MR) is 88.0 cm³/mol. The number of nitrogens with one attached hydrogen (secondary N) is 2. The lowest BCUT2D eigenvalue weighted by Gasteiger charge is -2.10. The van der Waals surface area contributed by atoms with Gasteiger partial charge in [-0.2, -0.15) is 0 Å². The first kappa shape index (κ1) is 17.0. The van der Waals surface area contributed by atoms with Gasteiger partial charge < -0.3 is 15.5 Å². The number of anilines is 2. The Balaban J connectivity index is 2.21. The van der Waals surface area contributed by atoms with Crippen LogP contribution in [0.15, 0.2) is 33.9 Å². The van der Waals surface area contributed by atoms with Crippen molar-refractivity contribution in [2.75, 3.05) is 11.9 Å². The molecule has 0 fully saturated rings. The number of nitrogens with zero attached hydrogens (tertiary/aromatic N) is 1. The molecule has 0 unspecified atom stereocenters. The smallest absolute Gasteiger partial charge is 0.329 e. The fraction of sp³-hybridized carbons (Fsp3) is 0.375. The van der Waals surface area contributed by atoms with Crippen LogP contribution >= 0.6 is 0 Å². The second-order valence-corrected chi connectivity index (χ2v) is 5.33. The van der Waals surface area contributed by atoms with Gasteiger partial charge in [-0.05, 0) is 43.0 Å². The van der Waals surface area contributed by atoms with E-state index in [4.69, 9.17) is 5.11 Å². The third kappa shape index (κ3) is 4.30. The summed E-state index contributed by atoms with van der Waals surface area (Å²) in [4.78, 5) is 26.6. The maximum atomic E-state index is 12.0. The van der Waals surface area contributed by atoms with Crippen molar-refractivity contribution in [3.05, 3.63) is 56.2 Å². The molecular weight excluding hydrogens is 298 g/mol. The highest BCUT2D eigenvalue weighted by Crippen LogP contribution is 2.17. The molecule has 7 heteroatoms. The minimum atomic E-state index is -0.493. The molecule has 23 heavy (non-hydrogen) atoms. The molecule has 7 nitrogen and oxygen atoms in total. The van der Waals surface area contributed by atoms with E-state index in [0.29, 0.717) is 24.3 Å². The largest absolute Gasteiger partial charge is 0.396 e. The topological polar surface area (TPSA) is 107 Å². The van der Waals surface area contributed by atoms with E-state index in [1.807, 2.05) is 13.0 Å². The second-order valence-electron chi connectivity index (χ2n) is 5.33. The van der Waals surface area contributed by atoms with Gasteiger partial charge in [0.1, 0.15) is 5.82 Å². The highest BCUT2D eigenvalue weighted by atomic mass is 16.3. The zero-order valence-electron chi connectivity index (χ0n) is 13.0. The van der Waals surface area contributed by atoms with Gasteiger partial charge in [-0.15, -0.1) is 0 Å². The summed E-state index contributed by atoms with van der Waals surface area (Å²) < 4.78 is 1.11. The molecule has 0 saturated carbocycles. The molecule has 2 rings (SSSR count). The van der Waals surface area contributed by atoms with Crippen LogP contribution in [-0.4, -0.2) is 26.4 Å². The number of benzene rings is 1. The number of unbranched alkanes of at least 4 members (excludes halogenated alkanes) is 1. The molecule has 124 valence electrons. The predicted octanol–water partition coefficient (Wildman–Crippen LogP) is 0.853. The van der Waals surface area contributed by atoms with Crippen molar-refractivity contribution < 1.29 is 10.2 Å². The van der Waals surface area contributed by atoms with Gasteiger partial charge in [-0.3, -0.25) is 14.3 Å². The van der Waals surface area contributed by atoms with Gasteiger partial charge in [0.15, 0.2) is 0 Å². The number of hydrogen-bond donors (Lipinski definition) is 4. The highest BCUT2D eigenvalue weighted by Gasteiger charge is 2.06. The van der Waals surface area contributed by atoms with E-state index >= 15 is 0 Å². The Morgan fingerprint density at radius 3 is 2.61 bits per heavy atom. The van der Waals surface area contributed by atoms with Crippen LogP contribution in [0, 0.1) is 6.92 Å². The standard InChI is InChI=1S/C16H21N3O4/c1-11-4-5-13(8-12(11)10-21)17-14-9-15(22)19(16(23)18-14)6-2-3-7-20/h4-5,8-9,17,20-21H,2-3,6-7,10H2,1H3,(H,18,23). The average molecular weight is 319 g/mol. The number of aromatic amines is 1. The van der Waals surface area contributed by atoms with Crippen LogP contribution in [0.2, 0.25) is 0 Å². The molecule has 0 aliphatic rings. The van der Waals surface area contributed by atoms with Gasteiger partial charge >= 0.3 is 5.69 Å². The number of aryl methyl sites for hydroxylation is 1. The highest BCUT2D eigenvalue weighted by molar-refractivity contribution is 5.57. The molecule has 0 aliphatic heterocycles. The van der Waals surface area contributed by atoms with E-state index in [9.17, 15) is 14.7 Å². The number of H-pyrrole nitrogens is 1. The van der Waals surface area contributed by atoms with E-state index < -0.39 is 11.2 Å². The van der Waals surface area contributed by atoms with E-state index in [0.717, 1.165) is 15.7 Å². The summed E-state index contributed by atoms with van der Waals surface area (Å²) in [5.41, 5.74) is 1.52. The van der Waals surface area contributed by atoms with Crippen molar-refractivity contribution in [3.63, 3.8) is 0 Å². The molecular formula is C16H21N3O4. The lowest BCUT2D eigenvalue weighted by atomic mass is 10.1. The first-order chi connectivity index (χ1) is 11.0. The van der Waals surface area contributed by atoms with Crippen LogP contribution in [0.1, 0.15) is 24.0 Å². The summed E-state index contributed by atoms with van der Waals surface area (Å²) in [6, 6.07) is 6.74. The molecule has 0 spiro atoms. The van der Waals surface area contributed by atoms with Crippen molar-refractivity contribution in [3.8, 4) is 0 Å². The minimum Gasteiger partial charge on any atom is -0.396 e. The lowest BCUT2D eigenvalue weighted by Crippen LogP contribution is -2.35. The monoisotopic (exact) mass is 319 g/mol. The van der Waals surface area contributed by atoms with Crippen molar-refractivity contribution in [1.29, 1.82) is 0 Å². The van der Waals surface area contributed by atoms with Crippen LogP contribution in [0.25, 0.3) is 0 Å². The summed E-state index contributed by atoms with van der Waals surface area (Å²) in [7, 11) is 0. The number of rotatable bonds is 7. The molecule has 0 amide bonds. The van der Waals surface area contributed by atoms with Gasteiger partial charge in [0, 0.05) is 24.9 Å². The van der Waals surface area contributed by atoms with Gasteiger partial charge in [0.2, 0.25) is 0 Å². The first-order valence-electron chi connectivity index (χ1n) is 7.47. The fourth-order valence-corrected chi connectivity index (χ4v) is 2.26. The Kier molecular flexibility index (Phi) is 5.72. The van der Waals surface area contributed by atoms with E-state index in [-0.39, 0.29) is 19.8 Å². The van der Waals surface area contributed by atoms with Crippen LogP contribution in [0.3, 0.4) is 0 Å². The normalized spacial score (nSPS) is 10.7. The number of hydrogen-bond acceptors (Lipinski definition) is 5. The van der Waals surface area contributed by atoms with Gasteiger partial charge in [-0.25, -0.2) is 4.79 Å². The molecule has 0 aliphatic carbocycles. The number of aliphatic hydroxyl groups excluding tert-OH is 2. The Labute approximate surface area is 133 Å². The molecule has 1 aromatic carbocycles. The van der Waals surface area contributed by atoms with E-state index in [1.165, 1.54) is 6.07 Å². The van der Waals surface area contributed by atoms with E-state index in [1.54, 1.807) is 12.1 Å². The summed E-state index contributed by atoms with van der Waals surface area (Å²) in [5.74, 6) is 0.297. The maximum Gasteiger partial charge on any atom is 0.329 e. The molecule has 0 saturated heterocycles. The molecule has 0 radical (unpaired) electrons. The van der Waals surface area contributed by atoms with Crippen molar-refractivity contribution >= 4 is 11.5 Å². The summed E-state index contributed by atoms with van der Waals surface area (Å²) in [5, 5.41) is 21.0. The maximum absolute atomic E-state index is 12.0. The molecule has 0 bridgehead atoms. The van der Waals surface area contributed by atoms with Crippen LogP contribution in [-0.2, 0) is 13.2 Å². The summed E-state index contributed by atoms with van der Waals surface area (Å²) >= 11 is 0.